The Hall–Kier alpha value is -7.57. The van der Waals surface area contributed by atoms with Crippen molar-refractivity contribution in [2.24, 2.45) is 17.6 Å². The standard InChI is InChI=1S/C50H70N12O17S/c1-4-24(2)41-46(74)54-19-37(67)55-33-23-80-48-29(28-10-9-27(16-30(28)58-48)78-14-8-6-5-7-13-52-50(77)79-62-39(69)11-12-40(62)70)17-31(43(71)53-20-38(68)59-41)56-47(75)42(25(3)35(65)22-63)60-45(73)34-15-26(64)21-61(34)49(76)32(18-36(51)66)57-44(33)72/h9-10,16,24-26,31-35,41-42,58,63-65H,4-8,11-15,17-23H2,1-3H3,(H2,51,66)(H,52,77)(H,53,71)(H,54,74)(H,55,67)(H,56,75)(H,57,72)(H,59,68)(H,60,73)/t24-,25-,26?,31?,32-,33?,34-,35-,41-,42-/m0/s1. The number of carbonyl (C=O) groups is 12. The van der Waals surface area contributed by atoms with Crippen LogP contribution in [0.4, 0.5) is 4.79 Å². The number of aromatic nitrogens is 1. The Morgan fingerprint density at radius 3 is 2.20 bits per heavy atom. The molecular weight excluding hydrogens is 1070 g/mol. The van der Waals surface area contributed by atoms with E-state index >= 15 is 0 Å². The van der Waals surface area contributed by atoms with Crippen molar-refractivity contribution in [1.82, 2.24) is 57.5 Å². The highest BCUT2D eigenvalue weighted by Crippen LogP contribution is 2.34. The molecule has 0 aliphatic carbocycles. The van der Waals surface area contributed by atoms with Crippen LogP contribution in [0.3, 0.4) is 0 Å². The fourth-order valence-electron chi connectivity index (χ4n) is 9.38. The van der Waals surface area contributed by atoms with Crippen LogP contribution >= 0.6 is 11.8 Å². The Bertz CT molecular complexity index is 2670. The van der Waals surface area contributed by atoms with E-state index in [0.717, 1.165) is 16.7 Å². The fourth-order valence-corrected chi connectivity index (χ4v) is 10.5. The molecule has 2 saturated heterocycles. The molecule has 6 rings (SSSR count). The van der Waals surface area contributed by atoms with Gasteiger partial charge in [-0.25, -0.2) is 4.79 Å². The first-order valence-corrected chi connectivity index (χ1v) is 27.4. The predicted molar refractivity (Wildman–Crippen MR) is 280 cm³/mol. The average molecular weight is 1140 g/mol. The van der Waals surface area contributed by atoms with Crippen molar-refractivity contribution in [2.75, 3.05) is 45.1 Å². The molecule has 2 fully saturated rings. The van der Waals surface area contributed by atoms with Gasteiger partial charge in [0.15, 0.2) is 0 Å². The number of aromatic amines is 1. The van der Waals surface area contributed by atoms with Gasteiger partial charge >= 0.3 is 6.09 Å². The van der Waals surface area contributed by atoms with Crippen molar-refractivity contribution in [1.29, 1.82) is 0 Å². The van der Waals surface area contributed by atoms with E-state index in [2.05, 4.69) is 47.5 Å². The van der Waals surface area contributed by atoms with Gasteiger partial charge in [0.05, 0.1) is 55.5 Å². The Morgan fingerprint density at radius 2 is 1.51 bits per heavy atom. The second kappa shape index (κ2) is 28.5. The molecule has 3 unspecified atom stereocenters. The minimum Gasteiger partial charge on any atom is -0.494 e. The van der Waals surface area contributed by atoms with Gasteiger partial charge in [-0.1, -0.05) is 40.0 Å². The summed E-state index contributed by atoms with van der Waals surface area (Å²) in [6.45, 7) is 2.46. The lowest BCUT2D eigenvalue weighted by atomic mass is 9.93. The van der Waals surface area contributed by atoms with Gasteiger partial charge in [-0.3, -0.25) is 52.7 Å². The molecule has 12 amide bonds. The van der Waals surface area contributed by atoms with Crippen LogP contribution < -0.4 is 53.0 Å². The molecule has 2 aromatic rings. The maximum Gasteiger partial charge on any atom is 0.432 e. The van der Waals surface area contributed by atoms with Crippen LogP contribution in [0.2, 0.25) is 0 Å². The first-order chi connectivity index (χ1) is 38.1. The number of ether oxygens (including phenoxy) is 1. The number of nitrogens with two attached hydrogens (primary N) is 1. The van der Waals surface area contributed by atoms with Crippen molar-refractivity contribution in [2.45, 2.75) is 138 Å². The molecule has 0 spiro atoms. The van der Waals surface area contributed by atoms with Crippen LogP contribution in [0.25, 0.3) is 10.9 Å². The maximum atomic E-state index is 14.7. The Kier molecular flexibility index (Phi) is 22.0. The topological polar surface area (TPSA) is 429 Å². The second-order valence-electron chi connectivity index (χ2n) is 20.1. The van der Waals surface area contributed by atoms with E-state index in [0.29, 0.717) is 59.4 Å². The molecule has 438 valence electrons. The first kappa shape index (κ1) is 61.6. The van der Waals surface area contributed by atoms with E-state index in [9.17, 15) is 72.9 Å². The van der Waals surface area contributed by atoms with Crippen molar-refractivity contribution in [3.63, 3.8) is 0 Å². The van der Waals surface area contributed by atoms with E-state index in [1.165, 1.54) is 6.92 Å². The summed E-state index contributed by atoms with van der Waals surface area (Å²) in [4.78, 5) is 170. The number of thioether (sulfide) groups is 1. The highest BCUT2D eigenvalue weighted by molar-refractivity contribution is 7.99. The van der Waals surface area contributed by atoms with Crippen LogP contribution in [0.15, 0.2) is 23.2 Å². The zero-order valence-electron chi connectivity index (χ0n) is 44.5. The number of H-pyrrole nitrogens is 1. The summed E-state index contributed by atoms with van der Waals surface area (Å²) in [5, 5.41) is 53.2. The number of carbonyl (C=O) groups excluding carboxylic acids is 12. The summed E-state index contributed by atoms with van der Waals surface area (Å²) in [5.41, 5.74) is 6.36. The minimum atomic E-state index is -1.78. The first-order valence-electron chi connectivity index (χ1n) is 26.4. The van der Waals surface area contributed by atoms with Crippen molar-refractivity contribution in [3.05, 3.63) is 23.8 Å². The molecule has 1 aromatic carbocycles. The number of hydrogen-bond acceptors (Lipinski definition) is 18. The average Bonchev–Trinajstić information content (AvgIpc) is 4.09. The van der Waals surface area contributed by atoms with E-state index in [4.69, 9.17) is 15.3 Å². The predicted octanol–water partition coefficient (Wildman–Crippen LogP) is -3.91. The molecule has 4 aliphatic rings. The van der Waals surface area contributed by atoms with E-state index in [1.54, 1.807) is 32.0 Å². The number of nitrogens with one attached hydrogen (secondary N) is 9. The Labute approximate surface area is 463 Å². The molecule has 29 nitrogen and oxygen atoms in total. The zero-order valence-corrected chi connectivity index (χ0v) is 45.3. The molecule has 1 aromatic heterocycles. The second-order valence-corrected chi connectivity index (χ2v) is 21.1. The van der Waals surface area contributed by atoms with Crippen LogP contribution in [-0.4, -0.2) is 195 Å². The van der Waals surface area contributed by atoms with Crippen LogP contribution in [0.5, 0.6) is 5.75 Å². The molecule has 10 atom stereocenters. The van der Waals surface area contributed by atoms with Crippen LogP contribution in [-0.2, 0) is 64.0 Å². The summed E-state index contributed by atoms with van der Waals surface area (Å²) in [6, 6.07) is -4.48. The molecule has 30 heteroatoms. The van der Waals surface area contributed by atoms with E-state index in [1.807, 2.05) is 0 Å². The van der Waals surface area contributed by atoms with Crippen LogP contribution in [0.1, 0.15) is 84.1 Å². The number of aliphatic hydroxyl groups excluding tert-OH is 3. The van der Waals surface area contributed by atoms with Gasteiger partial charge in [-0.05, 0) is 36.5 Å². The number of nitrogens with zero attached hydrogens (tertiary/aromatic N) is 2. The molecule has 14 N–H and O–H groups in total. The third kappa shape index (κ3) is 16.3. The fraction of sp³-hybridized carbons (Fsp3) is 0.600. The van der Waals surface area contributed by atoms with Gasteiger partial charge in [0, 0.05) is 61.9 Å². The van der Waals surface area contributed by atoms with Gasteiger partial charge < -0.3 is 83.0 Å². The number of benzene rings is 1. The smallest absolute Gasteiger partial charge is 0.432 e. The van der Waals surface area contributed by atoms with Gasteiger partial charge in [-0.15, -0.1) is 16.8 Å². The van der Waals surface area contributed by atoms with E-state index in [-0.39, 0.29) is 43.2 Å². The largest absolute Gasteiger partial charge is 0.494 e. The third-order valence-corrected chi connectivity index (χ3v) is 15.3. The minimum absolute atomic E-state index is 0.0278. The number of primary amides is 1. The van der Waals surface area contributed by atoms with Crippen molar-refractivity contribution < 1.29 is 82.4 Å². The van der Waals surface area contributed by atoms with Crippen LogP contribution in [0, 0.1) is 11.8 Å². The van der Waals surface area contributed by atoms with E-state index < -0.39 is 170 Å². The maximum absolute atomic E-state index is 14.7. The van der Waals surface area contributed by atoms with Gasteiger partial charge in [0.2, 0.25) is 53.2 Å². The molecule has 0 saturated carbocycles. The number of rotatable bonds is 16. The quantitative estimate of drug-likeness (QED) is 0.0564. The van der Waals surface area contributed by atoms with Gasteiger partial charge in [-0.2, -0.15) is 0 Å². The number of amides is 12. The lowest BCUT2D eigenvalue weighted by Crippen LogP contribution is -2.62. The lowest BCUT2D eigenvalue weighted by molar-refractivity contribution is -0.171. The summed E-state index contributed by atoms with van der Waals surface area (Å²) in [7, 11) is 0. The summed E-state index contributed by atoms with van der Waals surface area (Å²) >= 11 is 0.964. The summed E-state index contributed by atoms with van der Waals surface area (Å²) in [6.07, 6.45) is -2.63. The molecule has 80 heavy (non-hydrogen) atoms. The zero-order chi connectivity index (χ0) is 58.4. The number of imide groups is 1. The number of hydrogen-bond donors (Lipinski definition) is 13. The Morgan fingerprint density at radius 1 is 0.825 bits per heavy atom. The monoisotopic (exact) mass is 1140 g/mol. The normalized spacial score (nSPS) is 25.1. The highest BCUT2D eigenvalue weighted by Gasteiger charge is 2.45. The van der Waals surface area contributed by atoms with Gasteiger partial charge in [0.25, 0.3) is 11.8 Å². The molecule has 2 bridgehead atoms. The third-order valence-electron chi connectivity index (χ3n) is 14.2. The number of hydroxylamine groups is 2. The SMILES string of the molecule is CC[C@H](C)[C@@H]1NC(=O)CNC(=O)C2Cc3c([nH]c4cc(OCCCCCCNC(=O)ON5C(=O)CCC5=O)ccc34)SCC(NC(=O)CNC1=O)C(=O)N[C@@H](CC(N)=O)C(=O)N1CC(O)C[C@H]1C(=O)N[C@@H]([C@@H](C)[C@@H](O)CO)C(=O)N2. The molecular formula is C50H70N12O17S. The summed E-state index contributed by atoms with van der Waals surface area (Å²) in [5.74, 6) is -11.5. The lowest BCUT2D eigenvalue weighted by Gasteiger charge is -2.32. The number of fused-ring (bicyclic) bond motifs is 5. The molecule has 0 radical (unpaired) electrons. The summed E-state index contributed by atoms with van der Waals surface area (Å²) < 4.78 is 6.08. The van der Waals surface area contributed by atoms with Crippen molar-refractivity contribution in [3.8, 4) is 5.75 Å². The molecule has 5 heterocycles. The molecule has 4 aliphatic heterocycles. The Balaban J connectivity index is 1.35. The van der Waals surface area contributed by atoms with Crippen molar-refractivity contribution >= 4 is 93.7 Å². The number of unbranched alkanes of at least 4 members (excludes halogenated alkanes) is 3. The van der Waals surface area contributed by atoms with Gasteiger partial charge in [0.1, 0.15) is 42.0 Å². The number of aliphatic hydroxyl groups is 3. The highest BCUT2D eigenvalue weighted by atomic mass is 32.2.